The molecule has 1 heterocycles. The number of nitrogens with one attached hydrogen (secondary N) is 1. The minimum atomic E-state index is -0.553. The minimum Gasteiger partial charge on any atom is -0.488 e. The van der Waals surface area contributed by atoms with Crippen molar-refractivity contribution in [3.05, 3.63) is 98.4 Å². The van der Waals surface area contributed by atoms with Gasteiger partial charge in [-0.25, -0.2) is 0 Å². The molecule has 4 rings (SSSR count). The summed E-state index contributed by atoms with van der Waals surface area (Å²) in [6.07, 6.45) is 2.43. The molecule has 0 aromatic heterocycles. The predicted molar refractivity (Wildman–Crippen MR) is 144 cm³/mol. The summed E-state index contributed by atoms with van der Waals surface area (Å²) in [5.74, 6) is -0.530. The number of halogens is 2. The van der Waals surface area contributed by atoms with Gasteiger partial charge in [-0.2, -0.15) is 0 Å². The van der Waals surface area contributed by atoms with E-state index in [1.54, 1.807) is 48.5 Å². The Hall–Kier alpha value is -3.26. The molecule has 36 heavy (non-hydrogen) atoms. The fourth-order valence-electron chi connectivity index (χ4n) is 3.50. The zero-order chi connectivity index (χ0) is 25.7. The largest absolute Gasteiger partial charge is 0.488 e. The number of benzene rings is 3. The zero-order valence-electron chi connectivity index (χ0n) is 19.3. The van der Waals surface area contributed by atoms with Crippen molar-refractivity contribution in [1.29, 1.82) is 0 Å². The van der Waals surface area contributed by atoms with Crippen molar-refractivity contribution in [2.75, 3.05) is 11.9 Å². The van der Waals surface area contributed by atoms with Gasteiger partial charge in [-0.3, -0.25) is 19.3 Å². The number of rotatable bonds is 8. The highest BCUT2D eigenvalue weighted by Crippen LogP contribution is 2.35. The van der Waals surface area contributed by atoms with E-state index >= 15 is 0 Å². The van der Waals surface area contributed by atoms with Crippen LogP contribution in [0.5, 0.6) is 5.75 Å². The minimum absolute atomic E-state index is 0.176. The van der Waals surface area contributed by atoms with E-state index in [4.69, 9.17) is 27.9 Å². The third-order valence-corrected chi connectivity index (χ3v) is 6.74. The lowest BCUT2D eigenvalue weighted by Gasteiger charge is -2.13. The highest BCUT2D eigenvalue weighted by Gasteiger charge is 2.36. The Kier molecular flexibility index (Phi) is 8.36. The number of carbonyl (C=O) groups is 3. The van der Waals surface area contributed by atoms with Crippen molar-refractivity contribution in [1.82, 2.24) is 4.90 Å². The molecule has 184 valence electrons. The van der Waals surface area contributed by atoms with Crippen molar-refractivity contribution < 1.29 is 19.1 Å². The predicted octanol–water partition coefficient (Wildman–Crippen LogP) is 6.81. The maximum absolute atomic E-state index is 13.0. The van der Waals surface area contributed by atoms with Gasteiger partial charge in [0.15, 0.2) is 0 Å². The molecule has 9 heteroatoms. The summed E-state index contributed by atoms with van der Waals surface area (Å²) in [4.78, 5) is 39.1. The van der Waals surface area contributed by atoms with Crippen molar-refractivity contribution >= 4 is 63.8 Å². The number of hydrogen-bond acceptors (Lipinski definition) is 5. The molecule has 3 aromatic carbocycles. The van der Waals surface area contributed by atoms with Crippen LogP contribution in [0.15, 0.2) is 71.6 Å². The molecule has 0 unspecified atom stereocenters. The van der Waals surface area contributed by atoms with Gasteiger partial charge < -0.3 is 10.1 Å². The Labute approximate surface area is 223 Å². The Morgan fingerprint density at radius 3 is 2.47 bits per heavy atom. The van der Waals surface area contributed by atoms with Crippen LogP contribution in [-0.4, -0.2) is 28.5 Å². The second-order valence-electron chi connectivity index (χ2n) is 7.97. The summed E-state index contributed by atoms with van der Waals surface area (Å²) in [7, 11) is 0. The van der Waals surface area contributed by atoms with Gasteiger partial charge in [0.05, 0.1) is 4.91 Å². The van der Waals surface area contributed by atoms with E-state index in [1.165, 1.54) is 0 Å². The van der Waals surface area contributed by atoms with Crippen LogP contribution in [0.3, 0.4) is 0 Å². The monoisotopic (exact) mass is 540 g/mol. The fourth-order valence-corrected chi connectivity index (χ4v) is 4.72. The first-order valence-corrected chi connectivity index (χ1v) is 12.7. The maximum Gasteiger partial charge on any atom is 0.294 e. The van der Waals surface area contributed by atoms with Crippen LogP contribution in [0.25, 0.3) is 6.08 Å². The Morgan fingerprint density at radius 1 is 1.00 bits per heavy atom. The molecule has 1 saturated heterocycles. The van der Waals surface area contributed by atoms with Crippen LogP contribution in [0, 0.1) is 0 Å². The Balaban J connectivity index is 1.46. The van der Waals surface area contributed by atoms with Gasteiger partial charge in [-0.15, -0.1) is 0 Å². The number of hydrogen-bond donors (Lipinski definition) is 1. The lowest BCUT2D eigenvalue weighted by Crippen LogP contribution is -2.36. The molecule has 0 spiro atoms. The van der Waals surface area contributed by atoms with Crippen LogP contribution in [-0.2, 0) is 22.6 Å². The number of anilines is 1. The quantitative estimate of drug-likeness (QED) is 0.317. The van der Waals surface area contributed by atoms with Gasteiger partial charge in [0, 0.05) is 21.3 Å². The normalized spacial score (nSPS) is 14.4. The molecule has 1 N–H and O–H groups in total. The number of carbonyl (C=O) groups excluding carboxylic acids is 3. The summed E-state index contributed by atoms with van der Waals surface area (Å²) in [6.45, 7) is 1.91. The third-order valence-electron chi connectivity index (χ3n) is 5.36. The van der Waals surface area contributed by atoms with Crippen molar-refractivity contribution in [3.8, 4) is 5.75 Å². The molecule has 6 nitrogen and oxygen atoms in total. The van der Waals surface area contributed by atoms with Crippen LogP contribution in [0.1, 0.15) is 23.6 Å². The standard InChI is InChI=1S/C27H22Cl2N2O4S/c1-2-17-6-9-22(10-7-17)30-25(32)15-31-26(33)24(36-27(31)34)14-19-13-21(29)8-11-23(19)35-16-18-4-3-5-20(28)12-18/h3-14H,2,15-16H2,1H3,(H,30,32)/b24-14+. The number of amides is 3. The van der Waals surface area contributed by atoms with E-state index in [-0.39, 0.29) is 18.1 Å². The smallest absolute Gasteiger partial charge is 0.294 e. The van der Waals surface area contributed by atoms with Gasteiger partial charge in [-0.05, 0) is 77.9 Å². The average molecular weight is 541 g/mol. The number of nitrogens with zero attached hydrogens (tertiary/aromatic N) is 1. The Bertz CT molecular complexity index is 1340. The third kappa shape index (κ3) is 6.49. The molecule has 0 aliphatic carbocycles. The van der Waals surface area contributed by atoms with Gasteiger partial charge in [-0.1, -0.05) is 54.4 Å². The number of thioether (sulfide) groups is 1. The van der Waals surface area contributed by atoms with Crippen molar-refractivity contribution in [2.45, 2.75) is 20.0 Å². The van der Waals surface area contributed by atoms with Crippen LogP contribution >= 0.6 is 35.0 Å². The van der Waals surface area contributed by atoms with E-state index in [0.717, 1.165) is 34.2 Å². The second-order valence-corrected chi connectivity index (χ2v) is 9.83. The first-order chi connectivity index (χ1) is 17.3. The summed E-state index contributed by atoms with van der Waals surface area (Å²) >= 11 is 13.0. The van der Waals surface area contributed by atoms with Crippen LogP contribution in [0.4, 0.5) is 10.5 Å². The molecule has 0 radical (unpaired) electrons. The summed E-state index contributed by atoms with van der Waals surface area (Å²) < 4.78 is 5.93. The Morgan fingerprint density at radius 2 is 1.75 bits per heavy atom. The average Bonchev–Trinajstić information content (AvgIpc) is 3.11. The molecular weight excluding hydrogens is 519 g/mol. The van der Waals surface area contributed by atoms with E-state index in [9.17, 15) is 14.4 Å². The summed E-state index contributed by atoms with van der Waals surface area (Å²) in [6, 6.07) is 19.7. The zero-order valence-corrected chi connectivity index (χ0v) is 21.6. The molecular formula is C27H22Cl2N2O4S. The van der Waals surface area contributed by atoms with Crippen molar-refractivity contribution in [2.24, 2.45) is 0 Å². The van der Waals surface area contributed by atoms with Crippen molar-refractivity contribution in [3.63, 3.8) is 0 Å². The van der Waals surface area contributed by atoms with E-state index in [0.29, 0.717) is 27.0 Å². The molecule has 0 atom stereocenters. The summed E-state index contributed by atoms with van der Waals surface area (Å²) in [5.41, 5.74) is 3.15. The van der Waals surface area contributed by atoms with Gasteiger partial charge in [0.2, 0.25) is 5.91 Å². The second kappa shape index (κ2) is 11.6. The number of ether oxygens (including phenoxy) is 1. The highest BCUT2D eigenvalue weighted by atomic mass is 35.5. The van der Waals surface area contributed by atoms with E-state index in [2.05, 4.69) is 5.32 Å². The van der Waals surface area contributed by atoms with E-state index < -0.39 is 17.1 Å². The van der Waals surface area contributed by atoms with Crippen LogP contribution in [0.2, 0.25) is 10.0 Å². The first kappa shape index (κ1) is 25.8. The van der Waals surface area contributed by atoms with Gasteiger partial charge in [0.1, 0.15) is 18.9 Å². The van der Waals surface area contributed by atoms with E-state index in [1.807, 2.05) is 31.2 Å². The number of aryl methyl sites for hydroxylation is 1. The summed E-state index contributed by atoms with van der Waals surface area (Å²) in [5, 5.41) is 3.24. The first-order valence-electron chi connectivity index (χ1n) is 11.1. The van der Waals surface area contributed by atoms with Crippen LogP contribution < -0.4 is 10.1 Å². The molecule has 3 aromatic rings. The lowest BCUT2D eigenvalue weighted by atomic mass is 10.1. The topological polar surface area (TPSA) is 75.7 Å². The number of imide groups is 1. The van der Waals surface area contributed by atoms with Gasteiger partial charge >= 0.3 is 0 Å². The lowest BCUT2D eigenvalue weighted by molar-refractivity contribution is -0.127. The molecule has 1 aliphatic rings. The molecule has 3 amide bonds. The fraction of sp³-hybridized carbons (Fsp3) is 0.148. The molecule has 1 fully saturated rings. The SMILES string of the molecule is CCc1ccc(NC(=O)CN2C(=O)S/C(=C/c3cc(Cl)ccc3OCc3cccc(Cl)c3)C2=O)cc1. The van der Waals surface area contributed by atoms with Gasteiger partial charge in [0.25, 0.3) is 11.1 Å². The molecule has 0 saturated carbocycles. The highest BCUT2D eigenvalue weighted by molar-refractivity contribution is 8.18. The maximum atomic E-state index is 13.0. The molecule has 1 aliphatic heterocycles. The molecule has 0 bridgehead atoms.